The molecule has 0 aromatic rings. The van der Waals surface area contributed by atoms with Crippen LogP contribution in [0.25, 0.3) is 0 Å². The number of hydrogen-bond acceptors (Lipinski definition) is 2. The lowest BCUT2D eigenvalue weighted by molar-refractivity contribution is -0.136. The number of likely N-dealkylation sites (tertiary alicyclic amines) is 1. The largest absolute Gasteiger partial charge is 0.341 e. The first kappa shape index (κ1) is 10.9. The highest BCUT2D eigenvalue weighted by molar-refractivity contribution is 5.82. The van der Waals surface area contributed by atoms with E-state index in [-0.39, 0.29) is 6.04 Å². The van der Waals surface area contributed by atoms with Crippen LogP contribution in [0.3, 0.4) is 0 Å². The number of rotatable bonds is 2. The summed E-state index contributed by atoms with van der Waals surface area (Å²) in [6, 6.07) is 0.139. The Morgan fingerprint density at radius 1 is 1.27 bits per heavy atom. The van der Waals surface area contributed by atoms with Crippen LogP contribution in [0.4, 0.5) is 0 Å². The van der Waals surface area contributed by atoms with Crippen LogP contribution in [-0.2, 0) is 4.79 Å². The average molecular weight is 210 g/mol. The number of nitrogens with zero attached hydrogens (tertiary/aromatic N) is 1. The molecular weight excluding hydrogens is 188 g/mol. The van der Waals surface area contributed by atoms with E-state index in [0.717, 1.165) is 37.9 Å². The molecule has 1 N–H and O–H groups in total. The molecule has 2 heterocycles. The van der Waals surface area contributed by atoms with Crippen molar-refractivity contribution in [2.24, 2.45) is 11.8 Å². The van der Waals surface area contributed by atoms with Crippen molar-refractivity contribution in [2.75, 3.05) is 19.6 Å². The molecule has 2 fully saturated rings. The zero-order chi connectivity index (χ0) is 10.8. The number of carbonyl (C=O) groups is 1. The number of piperidine rings is 1. The first-order valence-corrected chi connectivity index (χ1v) is 6.20. The molecule has 2 rings (SSSR count). The molecule has 2 aliphatic rings. The molecule has 0 aromatic carbocycles. The Kier molecular flexibility index (Phi) is 3.29. The standard InChI is InChI=1S/C12H22N2O/c1-9(2)10-4-7-14(8-5-10)12(15)11-3-6-13-11/h9-11,13H,3-8H2,1-2H3/t11-/m1/s1. The third-order valence-electron chi connectivity index (χ3n) is 3.92. The first-order valence-electron chi connectivity index (χ1n) is 6.20. The van der Waals surface area contributed by atoms with E-state index >= 15 is 0 Å². The second kappa shape index (κ2) is 4.52. The molecule has 0 bridgehead atoms. The van der Waals surface area contributed by atoms with E-state index in [2.05, 4.69) is 24.1 Å². The minimum absolute atomic E-state index is 0.139. The fourth-order valence-corrected chi connectivity index (χ4v) is 2.51. The Bertz CT molecular complexity index is 228. The van der Waals surface area contributed by atoms with Crippen LogP contribution in [-0.4, -0.2) is 36.5 Å². The van der Waals surface area contributed by atoms with Crippen LogP contribution in [0, 0.1) is 11.8 Å². The van der Waals surface area contributed by atoms with Crippen LogP contribution in [0.2, 0.25) is 0 Å². The van der Waals surface area contributed by atoms with Gasteiger partial charge in [0.05, 0.1) is 6.04 Å². The number of amides is 1. The van der Waals surface area contributed by atoms with Gasteiger partial charge in [0, 0.05) is 13.1 Å². The summed E-state index contributed by atoms with van der Waals surface area (Å²) in [5.41, 5.74) is 0. The predicted octanol–water partition coefficient (Wildman–Crippen LogP) is 1.24. The SMILES string of the molecule is CC(C)C1CCN(C(=O)[C@H]2CCN2)CC1. The maximum atomic E-state index is 11.9. The van der Waals surface area contributed by atoms with Gasteiger partial charge < -0.3 is 10.2 Å². The molecule has 0 unspecified atom stereocenters. The van der Waals surface area contributed by atoms with Gasteiger partial charge >= 0.3 is 0 Å². The fraction of sp³-hybridized carbons (Fsp3) is 0.917. The van der Waals surface area contributed by atoms with Gasteiger partial charge in [-0.3, -0.25) is 4.79 Å². The van der Waals surface area contributed by atoms with Crippen molar-refractivity contribution >= 4 is 5.91 Å². The third kappa shape index (κ3) is 2.33. The van der Waals surface area contributed by atoms with Gasteiger partial charge in [0.1, 0.15) is 0 Å². The van der Waals surface area contributed by atoms with Crippen LogP contribution in [0.15, 0.2) is 0 Å². The molecule has 3 heteroatoms. The molecular formula is C12H22N2O. The van der Waals surface area contributed by atoms with E-state index in [9.17, 15) is 4.79 Å². The Morgan fingerprint density at radius 3 is 2.27 bits per heavy atom. The molecule has 1 amide bonds. The van der Waals surface area contributed by atoms with Crippen molar-refractivity contribution in [1.82, 2.24) is 10.2 Å². The molecule has 15 heavy (non-hydrogen) atoms. The van der Waals surface area contributed by atoms with Gasteiger partial charge in [-0.15, -0.1) is 0 Å². The predicted molar refractivity (Wildman–Crippen MR) is 60.5 cm³/mol. The normalized spacial score (nSPS) is 27.9. The van der Waals surface area contributed by atoms with E-state index in [0.29, 0.717) is 5.91 Å². The van der Waals surface area contributed by atoms with Crippen LogP contribution >= 0.6 is 0 Å². The van der Waals surface area contributed by atoms with Crippen molar-refractivity contribution in [3.63, 3.8) is 0 Å². The van der Waals surface area contributed by atoms with Crippen molar-refractivity contribution < 1.29 is 4.79 Å². The topological polar surface area (TPSA) is 32.3 Å². The Labute approximate surface area is 92.2 Å². The lowest BCUT2D eigenvalue weighted by Gasteiger charge is -2.38. The molecule has 0 saturated carbocycles. The van der Waals surface area contributed by atoms with E-state index < -0.39 is 0 Å². The lowest BCUT2D eigenvalue weighted by atomic mass is 9.86. The maximum Gasteiger partial charge on any atom is 0.239 e. The number of carbonyl (C=O) groups excluding carboxylic acids is 1. The smallest absolute Gasteiger partial charge is 0.239 e. The summed E-state index contributed by atoms with van der Waals surface area (Å²) in [5, 5.41) is 3.19. The second-order valence-electron chi connectivity index (χ2n) is 5.20. The van der Waals surface area contributed by atoms with Gasteiger partial charge in [0.15, 0.2) is 0 Å². The summed E-state index contributed by atoms with van der Waals surface area (Å²) >= 11 is 0. The molecule has 3 nitrogen and oxygen atoms in total. The van der Waals surface area contributed by atoms with Crippen molar-refractivity contribution in [3.05, 3.63) is 0 Å². The molecule has 2 aliphatic heterocycles. The Morgan fingerprint density at radius 2 is 1.87 bits per heavy atom. The van der Waals surface area contributed by atoms with Crippen molar-refractivity contribution in [2.45, 2.75) is 39.2 Å². The van der Waals surface area contributed by atoms with E-state index in [1.165, 1.54) is 12.8 Å². The monoisotopic (exact) mass is 210 g/mol. The van der Waals surface area contributed by atoms with Gasteiger partial charge in [-0.05, 0) is 37.6 Å². The number of hydrogen-bond donors (Lipinski definition) is 1. The van der Waals surface area contributed by atoms with Crippen LogP contribution in [0.5, 0.6) is 0 Å². The van der Waals surface area contributed by atoms with Gasteiger partial charge in [-0.2, -0.15) is 0 Å². The van der Waals surface area contributed by atoms with Gasteiger partial charge in [-0.1, -0.05) is 13.8 Å². The summed E-state index contributed by atoms with van der Waals surface area (Å²) in [7, 11) is 0. The van der Waals surface area contributed by atoms with Gasteiger partial charge in [0.25, 0.3) is 0 Å². The van der Waals surface area contributed by atoms with Gasteiger partial charge in [-0.25, -0.2) is 0 Å². The second-order valence-corrected chi connectivity index (χ2v) is 5.20. The van der Waals surface area contributed by atoms with Crippen LogP contribution < -0.4 is 5.32 Å². The summed E-state index contributed by atoms with van der Waals surface area (Å²) < 4.78 is 0. The maximum absolute atomic E-state index is 11.9. The fourth-order valence-electron chi connectivity index (χ4n) is 2.51. The molecule has 0 aromatic heterocycles. The lowest BCUT2D eigenvalue weighted by Crippen LogP contribution is -2.55. The van der Waals surface area contributed by atoms with E-state index in [1.807, 2.05) is 0 Å². The zero-order valence-electron chi connectivity index (χ0n) is 9.83. The van der Waals surface area contributed by atoms with E-state index in [4.69, 9.17) is 0 Å². The minimum Gasteiger partial charge on any atom is -0.341 e. The molecule has 1 atom stereocenters. The summed E-state index contributed by atoms with van der Waals surface area (Å²) in [4.78, 5) is 14.0. The molecule has 0 spiro atoms. The number of nitrogens with one attached hydrogen (secondary N) is 1. The molecule has 86 valence electrons. The van der Waals surface area contributed by atoms with Crippen molar-refractivity contribution in [3.8, 4) is 0 Å². The average Bonchev–Trinajstić information content (AvgIpc) is 2.15. The van der Waals surface area contributed by atoms with Crippen molar-refractivity contribution in [1.29, 1.82) is 0 Å². The highest BCUT2D eigenvalue weighted by atomic mass is 16.2. The summed E-state index contributed by atoms with van der Waals surface area (Å²) in [6.07, 6.45) is 3.41. The summed E-state index contributed by atoms with van der Waals surface area (Å²) in [5.74, 6) is 1.93. The molecule has 0 radical (unpaired) electrons. The third-order valence-corrected chi connectivity index (χ3v) is 3.92. The minimum atomic E-state index is 0.139. The summed E-state index contributed by atoms with van der Waals surface area (Å²) in [6.45, 7) is 7.53. The van der Waals surface area contributed by atoms with Gasteiger partial charge in [0.2, 0.25) is 5.91 Å². The highest BCUT2D eigenvalue weighted by Gasteiger charge is 2.31. The molecule has 0 aliphatic carbocycles. The highest BCUT2D eigenvalue weighted by Crippen LogP contribution is 2.25. The van der Waals surface area contributed by atoms with E-state index in [1.54, 1.807) is 0 Å². The molecule has 2 saturated heterocycles. The Hall–Kier alpha value is -0.570. The zero-order valence-corrected chi connectivity index (χ0v) is 9.83. The Balaban J connectivity index is 1.79. The first-order chi connectivity index (χ1) is 7.18. The van der Waals surface area contributed by atoms with Crippen LogP contribution in [0.1, 0.15) is 33.1 Å². The quantitative estimate of drug-likeness (QED) is 0.744.